The lowest BCUT2D eigenvalue weighted by molar-refractivity contribution is 0.0784. The molecule has 0 spiro atoms. The molecule has 98 valence electrons. The molecule has 0 atom stereocenters. The van der Waals surface area contributed by atoms with E-state index in [9.17, 15) is 9.18 Å². The van der Waals surface area contributed by atoms with Gasteiger partial charge in [0.25, 0.3) is 5.91 Å². The first-order valence-electron chi connectivity index (χ1n) is 6.13. The topological polar surface area (TPSA) is 20.3 Å². The lowest BCUT2D eigenvalue weighted by atomic mass is 10.1. The molecule has 0 aliphatic rings. The number of halogens is 1. The van der Waals surface area contributed by atoms with Crippen LogP contribution < -0.4 is 0 Å². The average molecular weight is 257 g/mol. The summed E-state index contributed by atoms with van der Waals surface area (Å²) in [5.74, 6) is -0.336. The Morgan fingerprint density at radius 1 is 1.16 bits per heavy atom. The molecule has 0 aromatic heterocycles. The predicted molar refractivity (Wildman–Crippen MR) is 73.4 cm³/mol. The summed E-state index contributed by atoms with van der Waals surface area (Å²) < 4.78 is 13.1. The fraction of sp³-hybridized carbons (Fsp3) is 0.188. The molecule has 2 aromatic carbocycles. The third-order valence-corrected chi connectivity index (χ3v) is 3.03. The highest BCUT2D eigenvalue weighted by molar-refractivity contribution is 5.95. The summed E-state index contributed by atoms with van der Waals surface area (Å²) in [5, 5.41) is 0. The number of hydrogen-bond donors (Lipinski definition) is 0. The number of carbonyl (C=O) groups is 1. The van der Waals surface area contributed by atoms with Gasteiger partial charge in [-0.25, -0.2) is 4.39 Å². The highest BCUT2D eigenvalue weighted by Crippen LogP contribution is 2.12. The first-order chi connectivity index (χ1) is 9.08. The van der Waals surface area contributed by atoms with Gasteiger partial charge in [-0.2, -0.15) is 0 Å². The quantitative estimate of drug-likeness (QED) is 0.825. The molecule has 0 saturated heterocycles. The van der Waals surface area contributed by atoms with Crippen LogP contribution >= 0.6 is 0 Å². The van der Waals surface area contributed by atoms with Crippen LogP contribution in [0.25, 0.3) is 0 Å². The summed E-state index contributed by atoms with van der Waals surface area (Å²) in [6, 6.07) is 13.8. The minimum Gasteiger partial charge on any atom is -0.337 e. The number of amides is 1. The van der Waals surface area contributed by atoms with E-state index in [0.29, 0.717) is 12.1 Å². The third-order valence-electron chi connectivity index (χ3n) is 3.03. The SMILES string of the molecule is Cc1ccccc1C(=O)N(C)Cc1cccc(F)c1. The summed E-state index contributed by atoms with van der Waals surface area (Å²) in [6.45, 7) is 2.30. The van der Waals surface area contributed by atoms with Gasteiger partial charge in [0.2, 0.25) is 0 Å². The molecule has 0 heterocycles. The molecule has 0 radical (unpaired) electrons. The third kappa shape index (κ3) is 3.19. The molecule has 0 fully saturated rings. The zero-order valence-corrected chi connectivity index (χ0v) is 11.1. The van der Waals surface area contributed by atoms with Gasteiger partial charge in [-0.1, -0.05) is 30.3 Å². The molecule has 3 heteroatoms. The van der Waals surface area contributed by atoms with E-state index in [0.717, 1.165) is 11.1 Å². The molecule has 19 heavy (non-hydrogen) atoms. The lowest BCUT2D eigenvalue weighted by Crippen LogP contribution is -2.26. The molecule has 0 unspecified atom stereocenters. The first-order valence-corrected chi connectivity index (χ1v) is 6.13. The van der Waals surface area contributed by atoms with Crippen molar-refractivity contribution >= 4 is 5.91 Å². The summed E-state index contributed by atoms with van der Waals surface area (Å²) >= 11 is 0. The van der Waals surface area contributed by atoms with Crippen molar-refractivity contribution in [3.8, 4) is 0 Å². The second kappa shape index (κ2) is 5.65. The number of benzene rings is 2. The van der Waals surface area contributed by atoms with Crippen molar-refractivity contribution in [3.05, 3.63) is 71.0 Å². The van der Waals surface area contributed by atoms with E-state index >= 15 is 0 Å². The van der Waals surface area contributed by atoms with Crippen molar-refractivity contribution in [2.45, 2.75) is 13.5 Å². The monoisotopic (exact) mass is 257 g/mol. The molecule has 2 rings (SSSR count). The molecule has 0 N–H and O–H groups in total. The van der Waals surface area contributed by atoms with Crippen LogP contribution in [0.3, 0.4) is 0 Å². The van der Waals surface area contributed by atoms with Crippen molar-refractivity contribution < 1.29 is 9.18 Å². The second-order valence-corrected chi connectivity index (χ2v) is 4.61. The largest absolute Gasteiger partial charge is 0.337 e. The van der Waals surface area contributed by atoms with Gasteiger partial charge in [-0.3, -0.25) is 4.79 Å². The van der Waals surface area contributed by atoms with E-state index < -0.39 is 0 Å². The Balaban J connectivity index is 2.14. The summed E-state index contributed by atoms with van der Waals surface area (Å²) in [7, 11) is 1.72. The zero-order chi connectivity index (χ0) is 13.8. The maximum absolute atomic E-state index is 13.1. The fourth-order valence-electron chi connectivity index (χ4n) is 2.00. The van der Waals surface area contributed by atoms with Gasteiger partial charge in [-0.05, 0) is 36.2 Å². The maximum atomic E-state index is 13.1. The summed E-state index contributed by atoms with van der Waals surface area (Å²) in [4.78, 5) is 13.9. The fourth-order valence-corrected chi connectivity index (χ4v) is 2.00. The number of nitrogens with zero attached hydrogens (tertiary/aromatic N) is 1. The Morgan fingerprint density at radius 3 is 2.58 bits per heavy atom. The van der Waals surface area contributed by atoms with Gasteiger partial charge >= 0.3 is 0 Å². The smallest absolute Gasteiger partial charge is 0.254 e. The van der Waals surface area contributed by atoms with Gasteiger partial charge in [-0.15, -0.1) is 0 Å². The molecular weight excluding hydrogens is 241 g/mol. The molecule has 2 nitrogen and oxygen atoms in total. The van der Waals surface area contributed by atoms with Crippen LogP contribution in [-0.2, 0) is 6.54 Å². The molecule has 0 saturated carbocycles. The normalized spacial score (nSPS) is 10.3. The Hall–Kier alpha value is -2.16. The van der Waals surface area contributed by atoms with E-state index in [1.807, 2.05) is 31.2 Å². The maximum Gasteiger partial charge on any atom is 0.254 e. The van der Waals surface area contributed by atoms with E-state index in [-0.39, 0.29) is 11.7 Å². The summed E-state index contributed by atoms with van der Waals surface area (Å²) in [6.07, 6.45) is 0. The number of hydrogen-bond acceptors (Lipinski definition) is 1. The molecule has 2 aromatic rings. The average Bonchev–Trinajstić information content (AvgIpc) is 2.38. The van der Waals surface area contributed by atoms with Gasteiger partial charge in [0.05, 0.1) is 0 Å². The van der Waals surface area contributed by atoms with E-state index in [1.165, 1.54) is 12.1 Å². The van der Waals surface area contributed by atoms with Crippen molar-refractivity contribution in [1.82, 2.24) is 4.90 Å². The van der Waals surface area contributed by atoms with E-state index in [1.54, 1.807) is 24.1 Å². The van der Waals surface area contributed by atoms with Crippen LogP contribution in [0, 0.1) is 12.7 Å². The highest BCUT2D eigenvalue weighted by Gasteiger charge is 2.13. The van der Waals surface area contributed by atoms with Gasteiger partial charge in [0.15, 0.2) is 0 Å². The van der Waals surface area contributed by atoms with Crippen molar-refractivity contribution in [2.75, 3.05) is 7.05 Å². The van der Waals surface area contributed by atoms with E-state index in [2.05, 4.69) is 0 Å². The molecular formula is C16H16FNO. The van der Waals surface area contributed by atoms with Gasteiger partial charge in [0, 0.05) is 19.2 Å². The van der Waals surface area contributed by atoms with Gasteiger partial charge in [0.1, 0.15) is 5.82 Å². The number of carbonyl (C=O) groups excluding carboxylic acids is 1. The van der Waals surface area contributed by atoms with Crippen molar-refractivity contribution in [3.63, 3.8) is 0 Å². The van der Waals surface area contributed by atoms with Crippen LogP contribution in [0.1, 0.15) is 21.5 Å². The van der Waals surface area contributed by atoms with Crippen molar-refractivity contribution in [2.24, 2.45) is 0 Å². The second-order valence-electron chi connectivity index (χ2n) is 4.61. The van der Waals surface area contributed by atoms with E-state index in [4.69, 9.17) is 0 Å². The standard InChI is InChI=1S/C16H16FNO/c1-12-6-3-4-9-15(12)16(19)18(2)11-13-7-5-8-14(17)10-13/h3-10H,11H2,1-2H3. The van der Waals surface area contributed by atoms with Crippen LogP contribution in [0.5, 0.6) is 0 Å². The van der Waals surface area contributed by atoms with Crippen molar-refractivity contribution in [1.29, 1.82) is 0 Å². The van der Waals surface area contributed by atoms with Crippen LogP contribution in [0.2, 0.25) is 0 Å². The minimum atomic E-state index is -0.283. The highest BCUT2D eigenvalue weighted by atomic mass is 19.1. The molecule has 0 aliphatic heterocycles. The number of aryl methyl sites for hydroxylation is 1. The Kier molecular flexibility index (Phi) is 3.95. The Labute approximate surface area is 112 Å². The summed E-state index contributed by atoms with van der Waals surface area (Å²) in [5.41, 5.74) is 2.41. The minimum absolute atomic E-state index is 0.0534. The molecule has 1 amide bonds. The first kappa shape index (κ1) is 13.3. The molecule has 0 aliphatic carbocycles. The Morgan fingerprint density at radius 2 is 1.89 bits per heavy atom. The number of rotatable bonds is 3. The molecule has 0 bridgehead atoms. The van der Waals surface area contributed by atoms with Crippen LogP contribution in [0.4, 0.5) is 4.39 Å². The predicted octanol–water partition coefficient (Wildman–Crippen LogP) is 3.41. The van der Waals surface area contributed by atoms with Crippen LogP contribution in [-0.4, -0.2) is 17.9 Å². The van der Waals surface area contributed by atoms with Crippen LogP contribution in [0.15, 0.2) is 48.5 Å². The Bertz CT molecular complexity index is 595. The lowest BCUT2D eigenvalue weighted by Gasteiger charge is -2.18. The van der Waals surface area contributed by atoms with Gasteiger partial charge < -0.3 is 4.90 Å². The zero-order valence-electron chi connectivity index (χ0n) is 11.1.